The van der Waals surface area contributed by atoms with E-state index in [1.165, 1.54) is 21.0 Å². The molecular formula is C33H32N2O3S2. The highest BCUT2D eigenvalue weighted by molar-refractivity contribution is 8.01. The lowest BCUT2D eigenvalue weighted by molar-refractivity contribution is -0.0887. The SMILES string of the molecule is c1ccc2cc(CO[C@@H]3[C@H](OCc4ccc(OCCSc5nc6ccccc6s5)cc4)[C@H]4CC[C@@H]3N4)ccc2c1. The zero-order valence-corrected chi connectivity index (χ0v) is 23.8. The number of hydrogen-bond donors (Lipinski definition) is 1. The maximum Gasteiger partial charge on any atom is 0.151 e. The van der Waals surface area contributed by atoms with E-state index in [4.69, 9.17) is 14.2 Å². The van der Waals surface area contributed by atoms with Gasteiger partial charge in [0.1, 0.15) is 18.0 Å². The molecule has 2 aliphatic rings. The third-order valence-corrected chi connectivity index (χ3v) is 9.95. The van der Waals surface area contributed by atoms with E-state index in [9.17, 15) is 0 Å². The van der Waals surface area contributed by atoms with E-state index < -0.39 is 0 Å². The molecule has 4 atom stereocenters. The first-order valence-corrected chi connectivity index (χ1v) is 15.8. The molecule has 0 unspecified atom stereocenters. The van der Waals surface area contributed by atoms with Crippen LogP contribution in [0.3, 0.4) is 0 Å². The van der Waals surface area contributed by atoms with E-state index in [-0.39, 0.29) is 12.2 Å². The fourth-order valence-electron chi connectivity index (χ4n) is 5.80. The minimum absolute atomic E-state index is 0.0645. The fourth-order valence-corrected chi connectivity index (χ4v) is 7.75. The molecule has 40 heavy (non-hydrogen) atoms. The van der Waals surface area contributed by atoms with Gasteiger partial charge < -0.3 is 19.5 Å². The Labute approximate surface area is 242 Å². The molecular weight excluding hydrogens is 537 g/mol. The van der Waals surface area contributed by atoms with Gasteiger partial charge in [-0.05, 0) is 65.1 Å². The van der Waals surface area contributed by atoms with E-state index >= 15 is 0 Å². The number of thiazole rings is 1. The van der Waals surface area contributed by atoms with Gasteiger partial charge in [0.25, 0.3) is 0 Å². The minimum atomic E-state index is 0.0645. The van der Waals surface area contributed by atoms with Crippen LogP contribution < -0.4 is 10.1 Å². The maximum atomic E-state index is 6.48. The van der Waals surface area contributed by atoms with Crippen molar-refractivity contribution in [2.45, 2.75) is 54.7 Å². The largest absolute Gasteiger partial charge is 0.493 e. The van der Waals surface area contributed by atoms with Crippen molar-refractivity contribution in [2.75, 3.05) is 12.4 Å². The van der Waals surface area contributed by atoms with Gasteiger partial charge in [-0.3, -0.25) is 0 Å². The molecule has 4 aromatic carbocycles. The standard InChI is InChI=1S/C33H32N2O3S2/c1-2-6-25-19-23(9-12-24(25)5-1)21-38-32-29-16-15-28(34-29)31(32)37-20-22-10-13-26(14-11-22)36-17-18-39-33-35-27-7-3-4-8-30(27)40-33/h1-14,19,28-29,31-32,34H,15-18,20-21H2/t28-,29+,31-,32+/m1/s1. The Morgan fingerprint density at radius 1 is 0.775 bits per heavy atom. The van der Waals surface area contributed by atoms with Crippen LogP contribution in [0.15, 0.2) is 95.3 Å². The number of thioether (sulfide) groups is 1. The van der Waals surface area contributed by atoms with Gasteiger partial charge in [0.05, 0.1) is 30.0 Å². The Bertz CT molecular complexity index is 1560. The van der Waals surface area contributed by atoms with Crippen molar-refractivity contribution in [1.82, 2.24) is 10.3 Å². The first kappa shape index (κ1) is 26.0. The Balaban J connectivity index is 0.889. The van der Waals surface area contributed by atoms with E-state index in [1.807, 2.05) is 18.2 Å². The summed E-state index contributed by atoms with van der Waals surface area (Å²) >= 11 is 3.48. The molecule has 2 aliphatic heterocycles. The van der Waals surface area contributed by atoms with Crippen molar-refractivity contribution in [3.63, 3.8) is 0 Å². The van der Waals surface area contributed by atoms with Gasteiger partial charge in [0, 0.05) is 17.8 Å². The number of nitrogens with zero attached hydrogens (tertiary/aromatic N) is 1. The summed E-state index contributed by atoms with van der Waals surface area (Å²) in [5.41, 5.74) is 3.42. The van der Waals surface area contributed by atoms with E-state index in [0.717, 1.165) is 39.8 Å². The smallest absolute Gasteiger partial charge is 0.151 e. The van der Waals surface area contributed by atoms with Crippen molar-refractivity contribution in [3.05, 3.63) is 102 Å². The van der Waals surface area contributed by atoms with Gasteiger partial charge in [0.2, 0.25) is 0 Å². The lowest BCUT2D eigenvalue weighted by Gasteiger charge is -2.29. The summed E-state index contributed by atoms with van der Waals surface area (Å²) in [5, 5.41) is 6.22. The van der Waals surface area contributed by atoms with Crippen LogP contribution >= 0.6 is 23.1 Å². The lowest BCUT2D eigenvalue weighted by atomic mass is 9.94. The van der Waals surface area contributed by atoms with Crippen LogP contribution in [0.2, 0.25) is 0 Å². The maximum absolute atomic E-state index is 6.48. The Morgan fingerprint density at radius 3 is 2.27 bits per heavy atom. The molecule has 0 saturated carbocycles. The molecule has 2 fully saturated rings. The Morgan fingerprint density at radius 2 is 1.48 bits per heavy atom. The second-order valence-corrected chi connectivity index (χ2v) is 12.9. The highest BCUT2D eigenvalue weighted by Gasteiger charge is 2.48. The van der Waals surface area contributed by atoms with Crippen LogP contribution in [-0.4, -0.2) is 41.6 Å². The predicted octanol–water partition coefficient (Wildman–Crippen LogP) is 7.23. The third kappa shape index (κ3) is 5.76. The quantitative estimate of drug-likeness (QED) is 0.134. The molecule has 5 nitrogen and oxygen atoms in total. The molecule has 0 amide bonds. The summed E-state index contributed by atoms with van der Waals surface area (Å²) in [6, 6.07) is 32.3. The number of aromatic nitrogens is 1. The number of fused-ring (bicyclic) bond motifs is 4. The average Bonchev–Trinajstić information content (AvgIpc) is 3.72. The van der Waals surface area contributed by atoms with Crippen LogP contribution in [0.5, 0.6) is 5.75 Å². The van der Waals surface area contributed by atoms with Crippen molar-refractivity contribution >= 4 is 44.1 Å². The molecule has 0 aliphatic carbocycles. The number of rotatable bonds is 11. The molecule has 5 aromatic rings. The van der Waals surface area contributed by atoms with E-state index in [2.05, 4.69) is 83.1 Å². The molecule has 1 aromatic heterocycles. The lowest BCUT2D eigenvalue weighted by Crippen LogP contribution is -2.40. The molecule has 204 valence electrons. The minimum Gasteiger partial charge on any atom is -0.493 e. The number of para-hydroxylation sites is 1. The fraction of sp³-hybridized carbons (Fsp3) is 0.303. The monoisotopic (exact) mass is 568 g/mol. The first-order chi connectivity index (χ1) is 19.8. The number of ether oxygens (including phenoxy) is 3. The second-order valence-electron chi connectivity index (χ2n) is 10.5. The molecule has 0 spiro atoms. The van der Waals surface area contributed by atoms with E-state index in [0.29, 0.717) is 31.9 Å². The van der Waals surface area contributed by atoms with Crippen molar-refractivity contribution in [2.24, 2.45) is 0 Å². The van der Waals surface area contributed by atoms with Crippen molar-refractivity contribution in [1.29, 1.82) is 0 Å². The molecule has 2 bridgehead atoms. The molecule has 2 saturated heterocycles. The highest BCUT2D eigenvalue weighted by Crippen LogP contribution is 2.34. The van der Waals surface area contributed by atoms with Gasteiger partial charge >= 0.3 is 0 Å². The molecule has 3 heterocycles. The Hall–Kier alpha value is -2.94. The normalized spacial score (nSPS) is 21.9. The first-order valence-electron chi connectivity index (χ1n) is 14.0. The van der Waals surface area contributed by atoms with Crippen molar-refractivity contribution < 1.29 is 14.2 Å². The summed E-state index contributed by atoms with van der Waals surface area (Å²) in [5.74, 6) is 1.74. The topological polar surface area (TPSA) is 52.6 Å². The number of hydrogen-bond acceptors (Lipinski definition) is 7. The van der Waals surface area contributed by atoms with Gasteiger partial charge in [0.15, 0.2) is 4.34 Å². The van der Waals surface area contributed by atoms with Gasteiger partial charge in [-0.15, -0.1) is 11.3 Å². The van der Waals surface area contributed by atoms with Crippen LogP contribution in [0.4, 0.5) is 0 Å². The van der Waals surface area contributed by atoms with Crippen LogP contribution in [-0.2, 0) is 22.7 Å². The summed E-state index contributed by atoms with van der Waals surface area (Å²) in [6.07, 6.45) is 2.43. The third-order valence-electron chi connectivity index (χ3n) is 7.81. The number of benzene rings is 4. The Kier molecular flexibility index (Phi) is 7.72. The summed E-state index contributed by atoms with van der Waals surface area (Å²) in [6.45, 7) is 1.81. The second kappa shape index (κ2) is 11.9. The number of nitrogens with one attached hydrogen (secondary N) is 1. The molecule has 0 radical (unpaired) electrons. The highest BCUT2D eigenvalue weighted by atomic mass is 32.2. The summed E-state index contributed by atoms with van der Waals surface area (Å²) in [7, 11) is 0. The van der Waals surface area contributed by atoms with E-state index in [1.54, 1.807) is 23.1 Å². The van der Waals surface area contributed by atoms with Gasteiger partial charge in [-0.1, -0.05) is 72.4 Å². The molecule has 7 heteroatoms. The zero-order valence-electron chi connectivity index (χ0n) is 22.2. The molecule has 1 N–H and O–H groups in total. The van der Waals surface area contributed by atoms with Crippen molar-refractivity contribution in [3.8, 4) is 5.75 Å². The zero-order chi connectivity index (χ0) is 26.7. The summed E-state index contributed by atoms with van der Waals surface area (Å²) in [4.78, 5) is 4.68. The van der Waals surface area contributed by atoms with Crippen LogP contribution in [0.1, 0.15) is 24.0 Å². The predicted molar refractivity (Wildman–Crippen MR) is 163 cm³/mol. The average molecular weight is 569 g/mol. The van der Waals surface area contributed by atoms with Gasteiger partial charge in [-0.2, -0.15) is 0 Å². The van der Waals surface area contributed by atoms with Gasteiger partial charge in [-0.25, -0.2) is 4.98 Å². The summed E-state index contributed by atoms with van der Waals surface area (Å²) < 4.78 is 21.2. The van der Waals surface area contributed by atoms with Crippen LogP contribution in [0.25, 0.3) is 21.0 Å². The van der Waals surface area contributed by atoms with Crippen LogP contribution in [0, 0.1) is 0 Å². The molecule has 7 rings (SSSR count).